The van der Waals surface area contributed by atoms with E-state index >= 15 is 0 Å². The maximum atomic E-state index is 12.8. The van der Waals surface area contributed by atoms with Gasteiger partial charge in [0.15, 0.2) is 0 Å². The molecule has 11 heteroatoms. The van der Waals surface area contributed by atoms with Crippen molar-refractivity contribution in [2.75, 3.05) is 10.0 Å². The highest BCUT2D eigenvalue weighted by Crippen LogP contribution is 2.29. The summed E-state index contributed by atoms with van der Waals surface area (Å²) in [6, 6.07) is 17.0. The van der Waals surface area contributed by atoms with Gasteiger partial charge in [-0.3, -0.25) is 4.72 Å². The van der Waals surface area contributed by atoms with E-state index in [4.69, 9.17) is 23.2 Å². The number of carbonyl (C=O) groups excluding carboxylic acids is 1. The lowest BCUT2D eigenvalue weighted by molar-refractivity contribution is 0.249. The Hall–Kier alpha value is -3.53. The number of H-pyrrole nitrogens is 1. The monoisotopic (exact) mass is 529 g/mol. The molecule has 1 aromatic heterocycles. The number of halogens is 2. The molecule has 0 aliphatic heterocycles. The normalized spacial score (nSPS) is 12.1. The minimum absolute atomic E-state index is 0.0534. The lowest BCUT2D eigenvalue weighted by atomic mass is 10.1. The van der Waals surface area contributed by atoms with Crippen molar-refractivity contribution in [3.8, 4) is 11.4 Å². The van der Waals surface area contributed by atoms with Gasteiger partial charge in [-0.05, 0) is 67.1 Å². The molecule has 0 unspecified atom stereocenters. The van der Waals surface area contributed by atoms with E-state index < -0.39 is 22.1 Å². The van der Waals surface area contributed by atoms with Gasteiger partial charge in [0.2, 0.25) is 0 Å². The first-order valence-corrected chi connectivity index (χ1v) is 12.7. The molecule has 0 saturated carbocycles. The Morgan fingerprint density at radius 2 is 1.66 bits per heavy atom. The van der Waals surface area contributed by atoms with Crippen molar-refractivity contribution in [3.63, 3.8) is 0 Å². The van der Waals surface area contributed by atoms with E-state index in [1.165, 1.54) is 24.3 Å². The van der Waals surface area contributed by atoms with Gasteiger partial charge >= 0.3 is 6.03 Å². The molecule has 0 aliphatic rings. The lowest BCUT2D eigenvalue weighted by Gasteiger charge is -2.17. The molecule has 180 valence electrons. The average molecular weight is 530 g/mol. The van der Waals surface area contributed by atoms with Crippen LogP contribution in [0.15, 0.2) is 84.0 Å². The van der Waals surface area contributed by atoms with Crippen molar-refractivity contribution in [2.45, 2.75) is 17.9 Å². The summed E-state index contributed by atoms with van der Waals surface area (Å²) in [5.74, 6) is 0.691. The number of benzene rings is 3. The summed E-state index contributed by atoms with van der Waals surface area (Å²) >= 11 is 12.2. The molecule has 4 rings (SSSR count). The summed E-state index contributed by atoms with van der Waals surface area (Å²) in [6.07, 6.45) is 3.35. The predicted molar refractivity (Wildman–Crippen MR) is 138 cm³/mol. The Balaban J connectivity index is 1.37. The number of hydrogen-bond acceptors (Lipinski definition) is 4. The Kier molecular flexibility index (Phi) is 7.30. The van der Waals surface area contributed by atoms with Gasteiger partial charge in [0.1, 0.15) is 5.82 Å². The van der Waals surface area contributed by atoms with Gasteiger partial charge in [0, 0.05) is 29.3 Å². The fourth-order valence-corrected chi connectivity index (χ4v) is 4.88. The van der Waals surface area contributed by atoms with Gasteiger partial charge in [-0.25, -0.2) is 18.2 Å². The number of nitrogens with zero attached hydrogens (tertiary/aromatic N) is 1. The number of carbonyl (C=O) groups is 1. The zero-order chi connectivity index (χ0) is 25.0. The van der Waals surface area contributed by atoms with Crippen LogP contribution in [-0.2, 0) is 10.0 Å². The molecular weight excluding hydrogens is 509 g/mol. The molecule has 0 saturated heterocycles. The van der Waals surface area contributed by atoms with Gasteiger partial charge < -0.3 is 15.6 Å². The van der Waals surface area contributed by atoms with E-state index in [-0.39, 0.29) is 4.90 Å². The highest BCUT2D eigenvalue weighted by Gasteiger charge is 2.16. The minimum atomic E-state index is -3.82. The summed E-state index contributed by atoms with van der Waals surface area (Å²) in [5.41, 5.74) is 2.35. The highest BCUT2D eigenvalue weighted by molar-refractivity contribution is 7.92. The summed E-state index contributed by atoms with van der Waals surface area (Å²) in [4.78, 5) is 19.6. The molecule has 8 nitrogen and oxygen atoms in total. The van der Waals surface area contributed by atoms with Crippen LogP contribution in [0.4, 0.5) is 16.2 Å². The molecule has 4 N–H and O–H groups in total. The number of hydrogen-bond donors (Lipinski definition) is 4. The van der Waals surface area contributed by atoms with Crippen molar-refractivity contribution in [2.24, 2.45) is 0 Å². The fourth-order valence-electron chi connectivity index (χ4n) is 3.35. The zero-order valence-electron chi connectivity index (χ0n) is 18.4. The predicted octanol–water partition coefficient (Wildman–Crippen LogP) is 6.07. The summed E-state index contributed by atoms with van der Waals surface area (Å²) in [6.45, 7) is 1.78. The Morgan fingerprint density at radius 1 is 0.971 bits per heavy atom. The second-order valence-electron chi connectivity index (χ2n) is 7.61. The maximum absolute atomic E-state index is 12.8. The van der Waals surface area contributed by atoms with E-state index in [1.54, 1.807) is 61.8 Å². The van der Waals surface area contributed by atoms with Crippen molar-refractivity contribution in [1.29, 1.82) is 0 Å². The van der Waals surface area contributed by atoms with Crippen LogP contribution in [0, 0.1) is 0 Å². The number of sulfonamides is 1. The number of imidazole rings is 1. The number of anilines is 2. The molecule has 0 spiro atoms. The van der Waals surface area contributed by atoms with Crippen molar-refractivity contribution >= 4 is 50.6 Å². The number of urea groups is 1. The van der Waals surface area contributed by atoms with E-state index in [0.717, 1.165) is 5.56 Å². The third-order valence-electron chi connectivity index (χ3n) is 5.13. The van der Waals surface area contributed by atoms with Crippen LogP contribution in [0.2, 0.25) is 10.0 Å². The molecular formula is C24H21Cl2N5O3S. The zero-order valence-corrected chi connectivity index (χ0v) is 20.7. The van der Waals surface area contributed by atoms with Gasteiger partial charge in [-0.2, -0.15) is 0 Å². The molecule has 35 heavy (non-hydrogen) atoms. The summed E-state index contributed by atoms with van der Waals surface area (Å²) < 4.78 is 28.1. The molecule has 0 aliphatic carbocycles. The minimum Gasteiger partial charge on any atom is -0.345 e. The van der Waals surface area contributed by atoms with Crippen LogP contribution >= 0.6 is 23.2 Å². The number of aromatic amines is 1. The van der Waals surface area contributed by atoms with Crippen molar-refractivity contribution in [1.82, 2.24) is 15.3 Å². The number of rotatable bonds is 7. The number of aromatic nitrogens is 2. The van der Waals surface area contributed by atoms with Crippen molar-refractivity contribution < 1.29 is 13.2 Å². The summed E-state index contributed by atoms with van der Waals surface area (Å²) in [5, 5.41) is 6.22. The lowest BCUT2D eigenvalue weighted by Crippen LogP contribution is -2.31. The van der Waals surface area contributed by atoms with Crippen molar-refractivity contribution in [3.05, 3.63) is 94.7 Å². The first-order chi connectivity index (χ1) is 16.7. The van der Waals surface area contributed by atoms with Crippen LogP contribution in [0.5, 0.6) is 0 Å². The van der Waals surface area contributed by atoms with Crippen LogP contribution in [0.3, 0.4) is 0 Å². The molecule has 1 heterocycles. The van der Waals surface area contributed by atoms with Crippen LogP contribution in [-0.4, -0.2) is 24.4 Å². The Bertz CT molecular complexity index is 1430. The van der Waals surface area contributed by atoms with Crippen LogP contribution in [0.1, 0.15) is 18.5 Å². The topological polar surface area (TPSA) is 116 Å². The fraction of sp³-hybridized carbons (Fsp3) is 0.0833. The van der Waals surface area contributed by atoms with Crippen LogP contribution in [0.25, 0.3) is 11.4 Å². The molecule has 3 aromatic carbocycles. The quantitative estimate of drug-likeness (QED) is 0.232. The molecule has 0 radical (unpaired) electrons. The van der Waals surface area contributed by atoms with Gasteiger partial charge in [0.25, 0.3) is 10.0 Å². The average Bonchev–Trinajstić information content (AvgIpc) is 3.36. The molecule has 0 bridgehead atoms. The third kappa shape index (κ3) is 5.94. The number of amides is 2. The smallest absolute Gasteiger partial charge is 0.319 e. The molecule has 0 fully saturated rings. The van der Waals surface area contributed by atoms with Crippen LogP contribution < -0.4 is 15.4 Å². The number of nitrogens with one attached hydrogen (secondary N) is 4. The van der Waals surface area contributed by atoms with E-state index in [2.05, 4.69) is 25.3 Å². The van der Waals surface area contributed by atoms with Gasteiger partial charge in [-0.15, -0.1) is 0 Å². The second-order valence-corrected chi connectivity index (χ2v) is 10.1. The Morgan fingerprint density at radius 3 is 2.31 bits per heavy atom. The SMILES string of the molecule is C[C@H](NC(=O)Nc1ccc(S(=O)(=O)Nc2ccc(-c3ncc[nH]3)cc2)cc1)c1cccc(Cl)c1Cl. The maximum Gasteiger partial charge on any atom is 0.319 e. The molecule has 1 atom stereocenters. The van der Waals surface area contributed by atoms with Gasteiger partial charge in [0.05, 0.1) is 21.0 Å². The first-order valence-electron chi connectivity index (χ1n) is 10.5. The van der Waals surface area contributed by atoms with E-state index in [1.807, 2.05) is 0 Å². The first kappa shape index (κ1) is 24.6. The van der Waals surface area contributed by atoms with E-state index in [0.29, 0.717) is 32.8 Å². The molecule has 2 amide bonds. The van der Waals surface area contributed by atoms with E-state index in [9.17, 15) is 13.2 Å². The largest absolute Gasteiger partial charge is 0.345 e. The third-order valence-corrected chi connectivity index (χ3v) is 7.36. The second kappa shape index (κ2) is 10.4. The van der Waals surface area contributed by atoms with Gasteiger partial charge in [-0.1, -0.05) is 35.3 Å². The Labute approximate surface area is 212 Å². The highest BCUT2D eigenvalue weighted by atomic mass is 35.5. The standard InChI is InChI=1S/C24H21Cl2N5O3S/c1-15(20-3-2-4-21(25)22(20)26)29-24(32)30-17-9-11-19(12-10-17)35(33,34)31-18-7-5-16(6-8-18)23-27-13-14-28-23/h2-15,31H,1H3,(H,27,28)(H2,29,30,32)/t15-/m0/s1. The molecule has 4 aromatic rings. The summed E-state index contributed by atoms with van der Waals surface area (Å²) in [7, 11) is -3.82.